The van der Waals surface area contributed by atoms with Gasteiger partial charge < -0.3 is 19.3 Å². The molecular weight excluding hydrogens is 328 g/mol. The third-order valence-corrected chi connectivity index (χ3v) is 5.25. The molecule has 2 fully saturated rings. The quantitative estimate of drug-likeness (QED) is 0.733. The Morgan fingerprint density at radius 2 is 2.15 bits per heavy atom. The number of piperidine rings is 1. The zero-order valence-electron chi connectivity index (χ0n) is 15.9. The van der Waals surface area contributed by atoms with E-state index in [-0.39, 0.29) is 17.6 Å². The Morgan fingerprint density at radius 1 is 1.35 bits per heavy atom. The number of likely N-dealkylation sites (N-methyl/N-ethyl adjacent to an activating group) is 1. The van der Waals surface area contributed by atoms with Gasteiger partial charge >= 0.3 is 0 Å². The summed E-state index contributed by atoms with van der Waals surface area (Å²) in [6.07, 6.45) is 6.46. The number of nitrogens with zero attached hydrogens (tertiary/aromatic N) is 2. The summed E-state index contributed by atoms with van der Waals surface area (Å²) in [6.45, 7) is 3.44. The van der Waals surface area contributed by atoms with Gasteiger partial charge in [-0.05, 0) is 38.9 Å². The molecule has 142 valence electrons. The van der Waals surface area contributed by atoms with E-state index >= 15 is 0 Å². The average Bonchev–Trinajstić information content (AvgIpc) is 3.10. The average molecular weight is 358 g/mol. The summed E-state index contributed by atoms with van der Waals surface area (Å²) < 4.78 is 12.4. The van der Waals surface area contributed by atoms with E-state index in [1.807, 2.05) is 48.2 Å². The topological polar surface area (TPSA) is 42.0 Å². The van der Waals surface area contributed by atoms with E-state index in [1.165, 1.54) is 0 Å². The van der Waals surface area contributed by atoms with Crippen molar-refractivity contribution in [3.05, 3.63) is 48.0 Å². The molecule has 26 heavy (non-hydrogen) atoms. The second kappa shape index (κ2) is 8.80. The van der Waals surface area contributed by atoms with Gasteiger partial charge in [0, 0.05) is 32.3 Å². The predicted molar refractivity (Wildman–Crippen MR) is 102 cm³/mol. The van der Waals surface area contributed by atoms with E-state index in [4.69, 9.17) is 9.47 Å². The molecule has 0 bridgehead atoms. The molecule has 1 spiro atoms. The standard InChI is InChI=1S/C21H30N2O3/c1-22(2)13-6-10-20(24)23-14-12-21(11-7-15-26-21)19(16-23)25-17-18-8-4-3-5-9-18/h3-6,8-10,19H,7,11-17H2,1-2H3. The van der Waals surface area contributed by atoms with Crippen LogP contribution in [-0.4, -0.2) is 67.7 Å². The molecule has 1 aromatic carbocycles. The van der Waals surface area contributed by atoms with Crippen molar-refractivity contribution in [2.45, 2.75) is 37.6 Å². The SMILES string of the molecule is CN(C)CC=CC(=O)N1CCC2(CCCO2)C(OCc2ccccc2)C1. The maximum atomic E-state index is 12.5. The van der Waals surface area contributed by atoms with Crippen molar-refractivity contribution in [1.82, 2.24) is 9.80 Å². The lowest BCUT2D eigenvalue weighted by Crippen LogP contribution is -2.57. The highest BCUT2D eigenvalue weighted by molar-refractivity contribution is 5.87. The first-order valence-corrected chi connectivity index (χ1v) is 9.49. The molecule has 2 aliphatic heterocycles. The number of carbonyl (C=O) groups excluding carboxylic acids is 1. The highest BCUT2D eigenvalue weighted by Crippen LogP contribution is 2.38. The second-order valence-electron chi connectivity index (χ2n) is 7.50. The van der Waals surface area contributed by atoms with Gasteiger partial charge in [-0.1, -0.05) is 36.4 Å². The van der Waals surface area contributed by atoms with Crippen molar-refractivity contribution in [3.63, 3.8) is 0 Å². The number of likely N-dealkylation sites (tertiary alicyclic amines) is 1. The van der Waals surface area contributed by atoms with Crippen molar-refractivity contribution < 1.29 is 14.3 Å². The Hall–Kier alpha value is -1.69. The Morgan fingerprint density at radius 3 is 2.85 bits per heavy atom. The molecule has 2 heterocycles. The summed E-state index contributed by atoms with van der Waals surface area (Å²) in [5.41, 5.74) is 0.925. The molecule has 1 amide bonds. The van der Waals surface area contributed by atoms with E-state index in [0.717, 1.165) is 44.5 Å². The molecule has 0 aliphatic carbocycles. The predicted octanol–water partition coefficient (Wildman–Crippen LogP) is 2.47. The number of rotatable bonds is 6. The highest BCUT2D eigenvalue weighted by atomic mass is 16.6. The summed E-state index contributed by atoms with van der Waals surface area (Å²) in [5, 5.41) is 0. The molecule has 1 aromatic rings. The number of benzene rings is 1. The number of amides is 1. The van der Waals surface area contributed by atoms with Crippen LogP contribution in [0.5, 0.6) is 0 Å². The molecule has 2 saturated heterocycles. The van der Waals surface area contributed by atoms with Gasteiger partial charge in [0.25, 0.3) is 0 Å². The first-order valence-electron chi connectivity index (χ1n) is 9.49. The van der Waals surface area contributed by atoms with Gasteiger partial charge in [-0.15, -0.1) is 0 Å². The second-order valence-corrected chi connectivity index (χ2v) is 7.50. The van der Waals surface area contributed by atoms with Crippen LogP contribution in [0.2, 0.25) is 0 Å². The van der Waals surface area contributed by atoms with Crippen molar-refractivity contribution >= 4 is 5.91 Å². The third-order valence-electron chi connectivity index (χ3n) is 5.25. The van der Waals surface area contributed by atoms with E-state index < -0.39 is 0 Å². The minimum absolute atomic E-state index is 0.0630. The fourth-order valence-electron chi connectivity index (χ4n) is 3.76. The van der Waals surface area contributed by atoms with Crippen LogP contribution in [0.3, 0.4) is 0 Å². The molecule has 0 saturated carbocycles. The number of carbonyl (C=O) groups is 1. The lowest BCUT2D eigenvalue weighted by Gasteiger charge is -2.44. The van der Waals surface area contributed by atoms with E-state index in [2.05, 4.69) is 12.1 Å². The van der Waals surface area contributed by atoms with Crippen molar-refractivity contribution in [2.75, 3.05) is 40.3 Å². The fourth-order valence-corrected chi connectivity index (χ4v) is 3.76. The molecule has 3 rings (SSSR count). The Balaban J connectivity index is 1.64. The molecule has 2 atom stereocenters. The van der Waals surface area contributed by atoms with Gasteiger partial charge in [-0.3, -0.25) is 4.79 Å². The van der Waals surface area contributed by atoms with Crippen LogP contribution in [0, 0.1) is 0 Å². The van der Waals surface area contributed by atoms with E-state index in [0.29, 0.717) is 13.2 Å². The van der Waals surface area contributed by atoms with Gasteiger partial charge in [0.2, 0.25) is 5.91 Å². The fraction of sp³-hybridized carbons (Fsp3) is 0.571. The van der Waals surface area contributed by atoms with E-state index in [1.54, 1.807) is 6.08 Å². The Labute approximate surface area is 156 Å². The van der Waals surface area contributed by atoms with Gasteiger partial charge in [0.15, 0.2) is 0 Å². The first kappa shape index (κ1) is 19.1. The van der Waals surface area contributed by atoms with Crippen LogP contribution in [-0.2, 0) is 20.9 Å². The van der Waals surface area contributed by atoms with Crippen molar-refractivity contribution in [3.8, 4) is 0 Å². The molecule has 5 nitrogen and oxygen atoms in total. The van der Waals surface area contributed by atoms with Crippen LogP contribution in [0.4, 0.5) is 0 Å². The molecular formula is C21H30N2O3. The van der Waals surface area contributed by atoms with Crippen LogP contribution < -0.4 is 0 Å². The zero-order chi connectivity index (χ0) is 18.4. The number of hydrogen-bond donors (Lipinski definition) is 0. The number of ether oxygens (including phenoxy) is 2. The zero-order valence-corrected chi connectivity index (χ0v) is 15.9. The molecule has 0 aromatic heterocycles. The molecule has 0 radical (unpaired) electrons. The molecule has 2 aliphatic rings. The normalized spacial score (nSPS) is 26.3. The summed E-state index contributed by atoms with van der Waals surface area (Å²) in [6, 6.07) is 10.2. The summed E-state index contributed by atoms with van der Waals surface area (Å²) in [4.78, 5) is 16.5. The Kier molecular flexibility index (Phi) is 6.46. The van der Waals surface area contributed by atoms with Gasteiger partial charge in [0.05, 0.1) is 12.2 Å². The number of hydrogen-bond acceptors (Lipinski definition) is 4. The molecule has 2 unspecified atom stereocenters. The monoisotopic (exact) mass is 358 g/mol. The highest BCUT2D eigenvalue weighted by Gasteiger charge is 2.47. The maximum Gasteiger partial charge on any atom is 0.246 e. The molecule has 0 N–H and O–H groups in total. The minimum atomic E-state index is -0.223. The van der Waals surface area contributed by atoms with E-state index in [9.17, 15) is 4.79 Å². The van der Waals surface area contributed by atoms with Gasteiger partial charge in [-0.2, -0.15) is 0 Å². The molecule has 5 heteroatoms. The third kappa shape index (κ3) is 4.72. The van der Waals surface area contributed by atoms with Crippen molar-refractivity contribution in [1.29, 1.82) is 0 Å². The van der Waals surface area contributed by atoms with Gasteiger partial charge in [0.1, 0.15) is 6.10 Å². The van der Waals surface area contributed by atoms with Gasteiger partial charge in [-0.25, -0.2) is 0 Å². The van der Waals surface area contributed by atoms with Crippen LogP contribution in [0.1, 0.15) is 24.8 Å². The maximum absolute atomic E-state index is 12.5. The minimum Gasteiger partial charge on any atom is -0.372 e. The lowest BCUT2D eigenvalue weighted by atomic mass is 9.85. The Bertz CT molecular complexity index is 609. The smallest absolute Gasteiger partial charge is 0.246 e. The summed E-state index contributed by atoms with van der Waals surface area (Å²) in [5.74, 6) is 0.0630. The van der Waals surface area contributed by atoms with Crippen LogP contribution >= 0.6 is 0 Å². The first-order chi connectivity index (χ1) is 12.6. The van der Waals surface area contributed by atoms with Crippen LogP contribution in [0.15, 0.2) is 42.5 Å². The lowest BCUT2D eigenvalue weighted by molar-refractivity contribution is -0.165. The van der Waals surface area contributed by atoms with Crippen molar-refractivity contribution in [2.24, 2.45) is 0 Å². The van der Waals surface area contributed by atoms with Crippen LogP contribution in [0.25, 0.3) is 0 Å². The summed E-state index contributed by atoms with van der Waals surface area (Å²) in [7, 11) is 3.98. The largest absolute Gasteiger partial charge is 0.372 e. The summed E-state index contributed by atoms with van der Waals surface area (Å²) >= 11 is 0.